The van der Waals surface area contributed by atoms with E-state index in [0.717, 1.165) is 24.6 Å². The topological polar surface area (TPSA) is 55.6 Å². The summed E-state index contributed by atoms with van der Waals surface area (Å²) in [5, 5.41) is 0. The standard InChI is InChI=1S/C13H14N2O3S/c1-17-12(16)9-3-2-4-10-11(9)14-13(18-10)15-5-7-19-8-6-15/h2-4H,5-8H2,1H3. The molecule has 3 rings (SSSR count). The average Bonchev–Trinajstić information content (AvgIpc) is 2.91. The first-order valence-corrected chi connectivity index (χ1v) is 7.25. The molecule has 1 aliphatic rings. The number of anilines is 1. The molecule has 2 heterocycles. The van der Waals surface area contributed by atoms with E-state index in [0.29, 0.717) is 22.7 Å². The number of hydrogen-bond donors (Lipinski definition) is 0. The van der Waals surface area contributed by atoms with Gasteiger partial charge in [0.25, 0.3) is 6.01 Å². The highest BCUT2D eigenvalue weighted by atomic mass is 32.2. The predicted molar refractivity (Wildman–Crippen MR) is 74.9 cm³/mol. The van der Waals surface area contributed by atoms with E-state index in [1.165, 1.54) is 7.11 Å². The van der Waals surface area contributed by atoms with Gasteiger partial charge in [0, 0.05) is 24.6 Å². The van der Waals surface area contributed by atoms with Gasteiger partial charge in [-0.2, -0.15) is 16.7 Å². The van der Waals surface area contributed by atoms with E-state index in [1.807, 2.05) is 17.8 Å². The van der Waals surface area contributed by atoms with E-state index < -0.39 is 0 Å². The highest BCUT2D eigenvalue weighted by molar-refractivity contribution is 7.99. The number of rotatable bonds is 2. The second-order valence-corrected chi connectivity index (χ2v) is 5.46. The molecular formula is C13H14N2O3S. The average molecular weight is 278 g/mol. The molecule has 1 aromatic carbocycles. The van der Waals surface area contributed by atoms with E-state index in [9.17, 15) is 4.79 Å². The molecule has 0 radical (unpaired) electrons. The molecule has 2 aromatic rings. The van der Waals surface area contributed by atoms with Crippen molar-refractivity contribution < 1.29 is 13.9 Å². The highest BCUT2D eigenvalue weighted by Crippen LogP contribution is 2.26. The summed E-state index contributed by atoms with van der Waals surface area (Å²) in [4.78, 5) is 18.3. The zero-order valence-electron chi connectivity index (χ0n) is 10.6. The zero-order chi connectivity index (χ0) is 13.2. The Kier molecular flexibility index (Phi) is 3.33. The molecule has 100 valence electrons. The van der Waals surface area contributed by atoms with Crippen molar-refractivity contribution in [3.05, 3.63) is 23.8 Å². The van der Waals surface area contributed by atoms with Crippen LogP contribution in [-0.2, 0) is 4.74 Å². The molecule has 1 saturated heterocycles. The first-order chi connectivity index (χ1) is 9.29. The maximum Gasteiger partial charge on any atom is 0.340 e. The van der Waals surface area contributed by atoms with Gasteiger partial charge < -0.3 is 14.1 Å². The number of fused-ring (bicyclic) bond motifs is 1. The minimum atomic E-state index is -0.389. The molecule has 0 atom stereocenters. The third-order valence-corrected chi connectivity index (χ3v) is 4.04. The van der Waals surface area contributed by atoms with Gasteiger partial charge in [-0.25, -0.2) is 4.79 Å². The lowest BCUT2D eigenvalue weighted by atomic mass is 10.2. The molecular weight excluding hydrogens is 264 g/mol. The van der Waals surface area contributed by atoms with E-state index in [2.05, 4.69) is 9.88 Å². The molecule has 19 heavy (non-hydrogen) atoms. The SMILES string of the molecule is COC(=O)c1cccc2oc(N3CCSCC3)nc12. The van der Waals surface area contributed by atoms with Gasteiger partial charge in [0.15, 0.2) is 5.58 Å². The van der Waals surface area contributed by atoms with Gasteiger partial charge in [-0.05, 0) is 12.1 Å². The third-order valence-electron chi connectivity index (χ3n) is 3.09. The maximum absolute atomic E-state index is 11.7. The lowest BCUT2D eigenvalue weighted by Crippen LogP contribution is -2.32. The number of methoxy groups -OCH3 is 1. The number of benzene rings is 1. The fraction of sp³-hybridized carbons (Fsp3) is 0.385. The van der Waals surface area contributed by atoms with Crippen molar-refractivity contribution in [3.8, 4) is 0 Å². The molecule has 0 spiro atoms. The number of carbonyl (C=O) groups excluding carboxylic acids is 1. The summed E-state index contributed by atoms with van der Waals surface area (Å²) >= 11 is 1.93. The van der Waals surface area contributed by atoms with Gasteiger partial charge in [0.05, 0.1) is 12.7 Å². The number of oxazole rings is 1. The van der Waals surface area contributed by atoms with Crippen LogP contribution in [0.4, 0.5) is 6.01 Å². The van der Waals surface area contributed by atoms with Crippen LogP contribution in [0.3, 0.4) is 0 Å². The first kappa shape index (κ1) is 12.3. The summed E-state index contributed by atoms with van der Waals surface area (Å²) in [7, 11) is 1.37. The van der Waals surface area contributed by atoms with Crippen LogP contribution < -0.4 is 4.90 Å². The Labute approximate surface area is 114 Å². The van der Waals surface area contributed by atoms with Crippen LogP contribution in [0.2, 0.25) is 0 Å². The lowest BCUT2D eigenvalue weighted by molar-refractivity contribution is 0.0603. The van der Waals surface area contributed by atoms with Gasteiger partial charge in [0.1, 0.15) is 5.52 Å². The summed E-state index contributed by atoms with van der Waals surface area (Å²) in [6, 6.07) is 5.88. The Hall–Kier alpha value is -1.69. The van der Waals surface area contributed by atoms with Crippen LogP contribution in [0.1, 0.15) is 10.4 Å². The van der Waals surface area contributed by atoms with Crippen LogP contribution in [0.15, 0.2) is 22.6 Å². The Balaban J connectivity index is 2.02. The third kappa shape index (κ3) is 2.28. The summed E-state index contributed by atoms with van der Waals surface area (Å²) in [5.74, 6) is 1.75. The predicted octanol–water partition coefficient (Wildman–Crippen LogP) is 2.17. The summed E-state index contributed by atoms with van der Waals surface area (Å²) in [6.45, 7) is 1.84. The molecule has 0 unspecified atom stereocenters. The molecule has 1 aliphatic heterocycles. The largest absolute Gasteiger partial charge is 0.465 e. The molecule has 1 aromatic heterocycles. The van der Waals surface area contributed by atoms with Crippen molar-refractivity contribution in [1.29, 1.82) is 0 Å². The van der Waals surface area contributed by atoms with Crippen LogP contribution in [0.25, 0.3) is 11.1 Å². The molecule has 0 aliphatic carbocycles. The van der Waals surface area contributed by atoms with E-state index in [4.69, 9.17) is 9.15 Å². The van der Waals surface area contributed by atoms with Crippen molar-refractivity contribution in [2.45, 2.75) is 0 Å². The molecule has 0 bridgehead atoms. The molecule has 5 nitrogen and oxygen atoms in total. The second-order valence-electron chi connectivity index (χ2n) is 4.24. The van der Waals surface area contributed by atoms with E-state index in [-0.39, 0.29) is 5.97 Å². The second kappa shape index (κ2) is 5.13. The van der Waals surface area contributed by atoms with Gasteiger partial charge >= 0.3 is 5.97 Å². The quantitative estimate of drug-likeness (QED) is 0.785. The minimum absolute atomic E-state index is 0.389. The number of nitrogens with zero attached hydrogens (tertiary/aromatic N) is 2. The Morgan fingerprint density at radius 1 is 1.42 bits per heavy atom. The Bertz CT molecular complexity index is 605. The van der Waals surface area contributed by atoms with Crippen LogP contribution >= 0.6 is 11.8 Å². The molecule has 6 heteroatoms. The summed E-state index contributed by atoms with van der Waals surface area (Å²) in [6.07, 6.45) is 0. The van der Waals surface area contributed by atoms with Crippen LogP contribution in [-0.4, -0.2) is 42.7 Å². The fourth-order valence-electron chi connectivity index (χ4n) is 2.10. The van der Waals surface area contributed by atoms with Crippen LogP contribution in [0.5, 0.6) is 0 Å². The monoisotopic (exact) mass is 278 g/mol. The summed E-state index contributed by atoms with van der Waals surface area (Å²) in [5.41, 5.74) is 1.64. The molecule has 0 N–H and O–H groups in total. The lowest BCUT2D eigenvalue weighted by Gasteiger charge is -2.24. The molecule has 0 saturated carbocycles. The number of ether oxygens (including phenoxy) is 1. The maximum atomic E-state index is 11.7. The highest BCUT2D eigenvalue weighted by Gasteiger charge is 2.20. The van der Waals surface area contributed by atoms with E-state index >= 15 is 0 Å². The zero-order valence-corrected chi connectivity index (χ0v) is 11.4. The van der Waals surface area contributed by atoms with Crippen molar-refractivity contribution >= 4 is 34.8 Å². The number of hydrogen-bond acceptors (Lipinski definition) is 6. The number of thioether (sulfide) groups is 1. The number of aromatic nitrogens is 1. The number of esters is 1. The van der Waals surface area contributed by atoms with Crippen molar-refractivity contribution in [3.63, 3.8) is 0 Å². The van der Waals surface area contributed by atoms with Gasteiger partial charge in [-0.1, -0.05) is 6.07 Å². The Morgan fingerprint density at radius 3 is 2.95 bits per heavy atom. The van der Waals surface area contributed by atoms with Gasteiger partial charge in [0.2, 0.25) is 0 Å². The van der Waals surface area contributed by atoms with Crippen molar-refractivity contribution in [1.82, 2.24) is 4.98 Å². The normalized spacial score (nSPS) is 15.7. The Morgan fingerprint density at radius 2 is 2.21 bits per heavy atom. The van der Waals surface area contributed by atoms with Crippen molar-refractivity contribution in [2.75, 3.05) is 36.6 Å². The molecule has 0 amide bonds. The summed E-state index contributed by atoms with van der Waals surface area (Å²) < 4.78 is 10.5. The van der Waals surface area contributed by atoms with E-state index in [1.54, 1.807) is 12.1 Å². The van der Waals surface area contributed by atoms with Crippen molar-refractivity contribution in [2.24, 2.45) is 0 Å². The molecule has 1 fully saturated rings. The van der Waals surface area contributed by atoms with Gasteiger partial charge in [-0.3, -0.25) is 0 Å². The van der Waals surface area contributed by atoms with Gasteiger partial charge in [-0.15, -0.1) is 0 Å². The number of para-hydroxylation sites is 1. The number of carbonyl (C=O) groups is 1. The minimum Gasteiger partial charge on any atom is -0.465 e. The fourth-order valence-corrected chi connectivity index (χ4v) is 3.00. The smallest absolute Gasteiger partial charge is 0.340 e. The van der Waals surface area contributed by atoms with Crippen LogP contribution in [0, 0.1) is 0 Å². The first-order valence-electron chi connectivity index (χ1n) is 6.10.